The summed E-state index contributed by atoms with van der Waals surface area (Å²) in [5.74, 6) is -0.00433. The molecule has 34 heavy (non-hydrogen) atoms. The summed E-state index contributed by atoms with van der Waals surface area (Å²) in [6.07, 6.45) is 1.11. The molecule has 0 fully saturated rings. The number of hydrogen-bond donors (Lipinski definition) is 1. The molecule has 1 aliphatic carbocycles. The van der Waals surface area contributed by atoms with Crippen molar-refractivity contribution in [1.29, 1.82) is 0 Å². The Balaban J connectivity index is 1.65. The fraction of sp³-hybridized carbons (Fsp3) is 0.407. The first-order chi connectivity index (χ1) is 16.4. The largest absolute Gasteiger partial charge is 0.496 e. The summed E-state index contributed by atoms with van der Waals surface area (Å²) in [5.41, 5.74) is 3.79. The fourth-order valence-electron chi connectivity index (χ4n) is 4.77. The van der Waals surface area contributed by atoms with E-state index < -0.39 is 11.9 Å². The standard InChI is InChI=1S/C27H31NO5S/c1-16(2)32-11-12-33-27(30)24-17(3)28-20-14-18(19-8-5-6-9-22(19)31-4)15-21(29)25(20)26(24)23-10-7-13-34-23/h5-10,13,16,18,26,28H,11-12,14-15H2,1-4H3. The van der Waals surface area contributed by atoms with Crippen molar-refractivity contribution in [3.05, 3.63) is 74.8 Å². The maximum atomic E-state index is 13.6. The van der Waals surface area contributed by atoms with Crippen LogP contribution in [0.25, 0.3) is 0 Å². The highest BCUT2D eigenvalue weighted by atomic mass is 32.1. The van der Waals surface area contributed by atoms with E-state index in [1.54, 1.807) is 18.4 Å². The van der Waals surface area contributed by atoms with Crippen LogP contribution in [-0.4, -0.2) is 38.2 Å². The average Bonchev–Trinajstić information content (AvgIpc) is 3.35. The van der Waals surface area contributed by atoms with Crippen molar-refractivity contribution in [1.82, 2.24) is 5.32 Å². The van der Waals surface area contributed by atoms with Crippen LogP contribution in [0.1, 0.15) is 55.9 Å². The lowest BCUT2D eigenvalue weighted by molar-refractivity contribution is -0.141. The predicted octanol–water partition coefficient (Wildman–Crippen LogP) is 5.09. The Labute approximate surface area is 204 Å². The van der Waals surface area contributed by atoms with E-state index in [0.717, 1.165) is 27.6 Å². The van der Waals surface area contributed by atoms with E-state index in [0.29, 0.717) is 30.6 Å². The minimum Gasteiger partial charge on any atom is -0.496 e. The Kier molecular flexibility index (Phi) is 7.54. The van der Waals surface area contributed by atoms with Crippen molar-refractivity contribution in [3.63, 3.8) is 0 Å². The lowest BCUT2D eigenvalue weighted by atomic mass is 9.73. The predicted molar refractivity (Wildman–Crippen MR) is 132 cm³/mol. The van der Waals surface area contributed by atoms with Crippen molar-refractivity contribution >= 4 is 23.1 Å². The maximum absolute atomic E-state index is 13.6. The van der Waals surface area contributed by atoms with E-state index >= 15 is 0 Å². The van der Waals surface area contributed by atoms with Gasteiger partial charge in [0.25, 0.3) is 0 Å². The van der Waals surface area contributed by atoms with Crippen LogP contribution in [0, 0.1) is 0 Å². The Morgan fingerprint density at radius 1 is 1.15 bits per heavy atom. The van der Waals surface area contributed by atoms with Crippen LogP contribution in [0.4, 0.5) is 0 Å². The zero-order chi connectivity index (χ0) is 24.2. The van der Waals surface area contributed by atoms with Crippen molar-refractivity contribution in [2.45, 2.75) is 51.6 Å². The number of ketones is 1. The summed E-state index contributed by atoms with van der Waals surface area (Å²) in [6.45, 7) is 6.25. The summed E-state index contributed by atoms with van der Waals surface area (Å²) in [6, 6.07) is 11.8. The molecule has 2 atom stereocenters. The number of carbonyl (C=O) groups is 2. The Hall–Kier alpha value is -2.90. The van der Waals surface area contributed by atoms with Crippen LogP contribution in [0.3, 0.4) is 0 Å². The topological polar surface area (TPSA) is 73.9 Å². The zero-order valence-electron chi connectivity index (χ0n) is 20.1. The first kappa shape index (κ1) is 24.2. The fourth-order valence-corrected chi connectivity index (χ4v) is 5.61. The molecule has 1 aromatic heterocycles. The summed E-state index contributed by atoms with van der Waals surface area (Å²) in [7, 11) is 1.65. The molecule has 2 aliphatic rings. The van der Waals surface area contributed by atoms with Crippen LogP contribution in [0.2, 0.25) is 0 Å². The Morgan fingerprint density at radius 3 is 2.65 bits per heavy atom. The molecule has 7 heteroatoms. The second kappa shape index (κ2) is 10.6. The quantitative estimate of drug-likeness (QED) is 0.418. The van der Waals surface area contributed by atoms with E-state index in [4.69, 9.17) is 14.2 Å². The molecule has 1 aromatic carbocycles. The van der Waals surface area contributed by atoms with Gasteiger partial charge in [0, 0.05) is 34.2 Å². The van der Waals surface area contributed by atoms with E-state index in [-0.39, 0.29) is 24.4 Å². The molecule has 0 radical (unpaired) electrons. The number of allylic oxidation sites excluding steroid dienone is 3. The number of hydrogen-bond acceptors (Lipinski definition) is 7. The van der Waals surface area contributed by atoms with Gasteiger partial charge in [-0.25, -0.2) is 4.79 Å². The number of methoxy groups -OCH3 is 1. The van der Waals surface area contributed by atoms with Gasteiger partial charge in [0.1, 0.15) is 12.4 Å². The van der Waals surface area contributed by atoms with Crippen LogP contribution in [-0.2, 0) is 19.1 Å². The van der Waals surface area contributed by atoms with Crippen molar-refractivity contribution < 1.29 is 23.8 Å². The van der Waals surface area contributed by atoms with Gasteiger partial charge in [-0.3, -0.25) is 4.79 Å². The Bertz CT molecular complexity index is 1120. The number of dihydropyridines is 1. The van der Waals surface area contributed by atoms with Crippen molar-refractivity contribution in [2.24, 2.45) is 0 Å². The lowest BCUT2D eigenvalue weighted by Crippen LogP contribution is -2.36. The molecule has 6 nitrogen and oxygen atoms in total. The second-order valence-corrected chi connectivity index (χ2v) is 9.81. The molecule has 0 saturated carbocycles. The summed E-state index contributed by atoms with van der Waals surface area (Å²) in [5, 5.41) is 5.36. The third-order valence-electron chi connectivity index (χ3n) is 6.22. The first-order valence-electron chi connectivity index (χ1n) is 11.6. The molecule has 2 unspecified atom stereocenters. The van der Waals surface area contributed by atoms with Crippen LogP contribution in [0.5, 0.6) is 5.75 Å². The first-order valence-corrected chi connectivity index (χ1v) is 12.5. The maximum Gasteiger partial charge on any atom is 0.336 e. The van der Waals surface area contributed by atoms with Crippen LogP contribution < -0.4 is 10.1 Å². The molecule has 1 aliphatic heterocycles. The van der Waals surface area contributed by atoms with E-state index in [1.165, 1.54) is 0 Å². The number of nitrogens with one attached hydrogen (secondary N) is 1. The Morgan fingerprint density at radius 2 is 1.94 bits per heavy atom. The molecule has 2 heterocycles. The molecule has 0 bridgehead atoms. The summed E-state index contributed by atoms with van der Waals surface area (Å²) >= 11 is 1.55. The SMILES string of the molecule is COc1ccccc1C1CC(=O)C2=C(C1)NC(C)=C(C(=O)OCCOC(C)C)C2c1cccs1. The number of thiophene rings is 1. The molecule has 4 rings (SSSR count). The van der Waals surface area contributed by atoms with Crippen molar-refractivity contribution in [3.8, 4) is 5.75 Å². The van der Waals surface area contributed by atoms with Gasteiger partial charge in [0.15, 0.2) is 5.78 Å². The molecular weight excluding hydrogens is 450 g/mol. The highest BCUT2D eigenvalue weighted by molar-refractivity contribution is 7.10. The van der Waals surface area contributed by atoms with Crippen LogP contribution in [0.15, 0.2) is 64.3 Å². The number of ether oxygens (including phenoxy) is 3. The minimum absolute atomic E-state index is 0.00775. The highest BCUT2D eigenvalue weighted by Crippen LogP contribution is 2.47. The monoisotopic (exact) mass is 481 g/mol. The van der Waals surface area contributed by atoms with Gasteiger partial charge in [-0.15, -0.1) is 11.3 Å². The smallest absolute Gasteiger partial charge is 0.336 e. The third kappa shape index (κ3) is 4.95. The van der Waals surface area contributed by atoms with Gasteiger partial charge < -0.3 is 19.5 Å². The van der Waals surface area contributed by atoms with Crippen molar-refractivity contribution in [2.75, 3.05) is 20.3 Å². The average molecular weight is 482 g/mol. The highest BCUT2D eigenvalue weighted by Gasteiger charge is 2.42. The number of para-hydroxylation sites is 1. The molecular formula is C27H31NO5S. The number of Topliss-reactive ketones (excluding diaryl/α,β-unsaturated/α-hetero) is 1. The third-order valence-corrected chi connectivity index (χ3v) is 7.16. The second-order valence-electron chi connectivity index (χ2n) is 8.83. The lowest BCUT2D eigenvalue weighted by Gasteiger charge is -2.36. The normalized spacial score (nSPS) is 20.3. The molecule has 2 aromatic rings. The summed E-state index contributed by atoms with van der Waals surface area (Å²) in [4.78, 5) is 27.7. The van der Waals surface area contributed by atoms with E-state index in [2.05, 4.69) is 5.32 Å². The van der Waals surface area contributed by atoms with E-state index in [9.17, 15) is 9.59 Å². The molecule has 0 spiro atoms. The molecule has 180 valence electrons. The zero-order valence-corrected chi connectivity index (χ0v) is 20.9. The molecule has 0 saturated heterocycles. The number of esters is 1. The van der Waals surface area contributed by atoms with Gasteiger partial charge in [0.05, 0.1) is 31.3 Å². The molecule has 1 N–H and O–H groups in total. The summed E-state index contributed by atoms with van der Waals surface area (Å²) < 4.78 is 16.6. The van der Waals surface area contributed by atoms with Gasteiger partial charge in [-0.1, -0.05) is 24.3 Å². The molecule has 0 amide bonds. The van der Waals surface area contributed by atoms with Gasteiger partial charge >= 0.3 is 5.97 Å². The van der Waals surface area contributed by atoms with E-state index in [1.807, 2.05) is 62.5 Å². The van der Waals surface area contributed by atoms with Crippen LogP contribution >= 0.6 is 11.3 Å². The minimum atomic E-state index is -0.430. The van der Waals surface area contributed by atoms with Gasteiger partial charge in [-0.2, -0.15) is 0 Å². The number of rotatable bonds is 8. The van der Waals surface area contributed by atoms with Gasteiger partial charge in [-0.05, 0) is 50.3 Å². The number of benzene rings is 1. The number of carbonyl (C=O) groups excluding carboxylic acids is 2. The van der Waals surface area contributed by atoms with Gasteiger partial charge in [0.2, 0.25) is 0 Å².